The Balaban J connectivity index is 1.93. The second kappa shape index (κ2) is 5.94. The molecule has 0 spiro atoms. The Hall–Kier alpha value is -1.19. The van der Waals surface area contributed by atoms with E-state index < -0.39 is 0 Å². The van der Waals surface area contributed by atoms with Crippen LogP contribution in [0.1, 0.15) is 24.2 Å². The van der Waals surface area contributed by atoms with Gasteiger partial charge in [-0.05, 0) is 36.8 Å². The van der Waals surface area contributed by atoms with Crippen molar-refractivity contribution in [3.8, 4) is 0 Å². The molecule has 88 valence electrons. The summed E-state index contributed by atoms with van der Waals surface area (Å²) < 4.78 is 1.11. The smallest absolute Gasteiger partial charge is 0.0541 e. The van der Waals surface area contributed by atoms with E-state index in [0.717, 1.165) is 16.7 Å². The summed E-state index contributed by atoms with van der Waals surface area (Å²) in [4.78, 5) is 4.29. The molecule has 0 aliphatic heterocycles. The van der Waals surface area contributed by atoms with Gasteiger partial charge in [0.1, 0.15) is 0 Å². The third kappa shape index (κ3) is 3.65. The van der Waals surface area contributed by atoms with E-state index in [1.54, 1.807) is 0 Å². The molecule has 1 N–H and O–H groups in total. The van der Waals surface area contributed by atoms with E-state index in [4.69, 9.17) is 0 Å². The van der Waals surface area contributed by atoms with Gasteiger partial charge in [0, 0.05) is 23.3 Å². The van der Waals surface area contributed by atoms with Gasteiger partial charge < -0.3 is 5.32 Å². The maximum atomic E-state index is 4.29. The monoisotopic (exact) mass is 290 g/mol. The lowest BCUT2D eigenvalue weighted by Gasteiger charge is -2.13. The van der Waals surface area contributed by atoms with Gasteiger partial charge in [-0.3, -0.25) is 4.98 Å². The second-order valence-corrected chi connectivity index (χ2v) is 4.89. The summed E-state index contributed by atoms with van der Waals surface area (Å²) in [5.41, 5.74) is 2.35. The number of pyridine rings is 1. The summed E-state index contributed by atoms with van der Waals surface area (Å²) in [6, 6.07) is 14.7. The molecule has 0 amide bonds. The van der Waals surface area contributed by atoms with Crippen LogP contribution in [-0.2, 0) is 6.54 Å². The van der Waals surface area contributed by atoms with Crippen LogP contribution in [0.4, 0.5) is 0 Å². The van der Waals surface area contributed by atoms with E-state index in [9.17, 15) is 0 Å². The molecule has 0 aliphatic rings. The lowest BCUT2D eigenvalue weighted by atomic mass is 10.1. The van der Waals surface area contributed by atoms with Gasteiger partial charge in [-0.25, -0.2) is 0 Å². The lowest BCUT2D eigenvalue weighted by molar-refractivity contribution is 0.568. The van der Waals surface area contributed by atoms with Crippen molar-refractivity contribution < 1.29 is 0 Å². The van der Waals surface area contributed by atoms with Gasteiger partial charge in [0.05, 0.1) is 5.69 Å². The molecule has 1 heterocycles. The van der Waals surface area contributed by atoms with E-state index in [1.165, 1.54) is 5.56 Å². The Morgan fingerprint density at radius 3 is 2.59 bits per heavy atom. The average Bonchev–Trinajstić information content (AvgIpc) is 2.38. The van der Waals surface area contributed by atoms with Gasteiger partial charge in [-0.2, -0.15) is 0 Å². The minimum Gasteiger partial charge on any atom is -0.305 e. The summed E-state index contributed by atoms with van der Waals surface area (Å²) in [7, 11) is 0. The molecule has 0 fully saturated rings. The quantitative estimate of drug-likeness (QED) is 0.929. The molecule has 0 radical (unpaired) electrons. The minimum atomic E-state index is 0.324. The molecule has 1 aromatic heterocycles. The van der Waals surface area contributed by atoms with E-state index >= 15 is 0 Å². The van der Waals surface area contributed by atoms with Gasteiger partial charge in [0.25, 0.3) is 0 Å². The zero-order chi connectivity index (χ0) is 12.1. The van der Waals surface area contributed by atoms with Crippen molar-refractivity contribution in [1.29, 1.82) is 0 Å². The van der Waals surface area contributed by atoms with Crippen molar-refractivity contribution in [3.63, 3.8) is 0 Å². The summed E-state index contributed by atoms with van der Waals surface area (Å²) in [5.74, 6) is 0. The fourth-order valence-corrected chi connectivity index (χ4v) is 1.89. The summed E-state index contributed by atoms with van der Waals surface area (Å²) in [6.07, 6.45) is 1.82. The molecular weight excluding hydrogens is 276 g/mol. The molecule has 17 heavy (non-hydrogen) atoms. The Bertz CT molecular complexity index is 453. The van der Waals surface area contributed by atoms with Crippen molar-refractivity contribution in [2.24, 2.45) is 0 Å². The first-order valence-electron chi connectivity index (χ1n) is 5.64. The third-order valence-electron chi connectivity index (χ3n) is 2.69. The summed E-state index contributed by atoms with van der Waals surface area (Å²) >= 11 is 3.44. The SMILES string of the molecule is C[C@H](NCc1ccccn1)c1ccc(Br)cc1. The molecule has 0 bridgehead atoms. The summed E-state index contributed by atoms with van der Waals surface area (Å²) in [6.45, 7) is 2.95. The Kier molecular flexibility index (Phi) is 4.29. The van der Waals surface area contributed by atoms with Gasteiger partial charge >= 0.3 is 0 Å². The zero-order valence-corrected chi connectivity index (χ0v) is 11.3. The molecule has 0 saturated carbocycles. The third-order valence-corrected chi connectivity index (χ3v) is 3.21. The molecular formula is C14H15BrN2. The highest BCUT2D eigenvalue weighted by Crippen LogP contribution is 2.16. The van der Waals surface area contributed by atoms with E-state index in [2.05, 4.69) is 57.4 Å². The number of rotatable bonds is 4. The molecule has 2 rings (SSSR count). The van der Waals surface area contributed by atoms with Crippen LogP contribution in [0, 0.1) is 0 Å². The first-order valence-corrected chi connectivity index (χ1v) is 6.44. The van der Waals surface area contributed by atoms with Crippen molar-refractivity contribution in [2.75, 3.05) is 0 Å². The summed E-state index contributed by atoms with van der Waals surface area (Å²) in [5, 5.41) is 3.46. The Morgan fingerprint density at radius 2 is 1.94 bits per heavy atom. The van der Waals surface area contributed by atoms with Crippen LogP contribution in [0.2, 0.25) is 0 Å². The van der Waals surface area contributed by atoms with Crippen molar-refractivity contribution >= 4 is 15.9 Å². The van der Waals surface area contributed by atoms with Crippen LogP contribution in [0.25, 0.3) is 0 Å². The van der Waals surface area contributed by atoms with Crippen molar-refractivity contribution in [2.45, 2.75) is 19.5 Å². The number of nitrogens with zero attached hydrogens (tertiary/aromatic N) is 1. The number of hydrogen-bond acceptors (Lipinski definition) is 2. The van der Waals surface area contributed by atoms with Crippen molar-refractivity contribution in [3.05, 3.63) is 64.4 Å². The normalized spacial score (nSPS) is 12.4. The first-order chi connectivity index (χ1) is 8.25. The topological polar surface area (TPSA) is 24.9 Å². The van der Waals surface area contributed by atoms with Crippen LogP contribution in [-0.4, -0.2) is 4.98 Å². The highest BCUT2D eigenvalue weighted by Gasteiger charge is 2.04. The average molecular weight is 291 g/mol. The number of aromatic nitrogens is 1. The van der Waals surface area contributed by atoms with Gasteiger partial charge in [-0.1, -0.05) is 34.1 Å². The Labute approximate surface area is 110 Å². The maximum absolute atomic E-state index is 4.29. The van der Waals surface area contributed by atoms with Crippen LogP contribution < -0.4 is 5.32 Å². The van der Waals surface area contributed by atoms with Gasteiger partial charge in [0.15, 0.2) is 0 Å². The largest absolute Gasteiger partial charge is 0.305 e. The Morgan fingerprint density at radius 1 is 1.18 bits per heavy atom. The van der Waals surface area contributed by atoms with Gasteiger partial charge in [0.2, 0.25) is 0 Å². The fourth-order valence-electron chi connectivity index (χ4n) is 1.63. The standard InChI is InChI=1S/C14H15BrN2/c1-11(12-5-7-13(15)8-6-12)17-10-14-4-2-3-9-16-14/h2-9,11,17H,10H2,1H3/t11-/m0/s1. The predicted octanol–water partition coefficient (Wildman–Crippen LogP) is 3.69. The molecule has 3 heteroatoms. The zero-order valence-electron chi connectivity index (χ0n) is 9.73. The van der Waals surface area contributed by atoms with Crippen LogP contribution in [0.15, 0.2) is 53.1 Å². The molecule has 2 aromatic rings. The number of benzene rings is 1. The molecule has 2 nitrogen and oxygen atoms in total. The molecule has 0 unspecified atom stereocenters. The second-order valence-electron chi connectivity index (χ2n) is 3.98. The predicted molar refractivity (Wildman–Crippen MR) is 73.6 cm³/mol. The molecule has 0 saturated heterocycles. The highest BCUT2D eigenvalue weighted by atomic mass is 79.9. The fraction of sp³-hybridized carbons (Fsp3) is 0.214. The highest BCUT2D eigenvalue weighted by molar-refractivity contribution is 9.10. The number of nitrogens with one attached hydrogen (secondary N) is 1. The first kappa shape index (κ1) is 12.3. The number of halogens is 1. The van der Waals surface area contributed by atoms with Crippen LogP contribution in [0.5, 0.6) is 0 Å². The van der Waals surface area contributed by atoms with Crippen LogP contribution in [0.3, 0.4) is 0 Å². The molecule has 1 atom stereocenters. The van der Waals surface area contributed by atoms with E-state index in [0.29, 0.717) is 6.04 Å². The van der Waals surface area contributed by atoms with Crippen molar-refractivity contribution in [1.82, 2.24) is 10.3 Å². The number of hydrogen-bond donors (Lipinski definition) is 1. The lowest BCUT2D eigenvalue weighted by Crippen LogP contribution is -2.18. The van der Waals surface area contributed by atoms with Crippen LogP contribution >= 0.6 is 15.9 Å². The molecule has 0 aliphatic carbocycles. The molecule has 1 aromatic carbocycles. The minimum absolute atomic E-state index is 0.324. The van der Waals surface area contributed by atoms with Gasteiger partial charge in [-0.15, -0.1) is 0 Å². The maximum Gasteiger partial charge on any atom is 0.0541 e. The van der Waals surface area contributed by atoms with E-state index in [-0.39, 0.29) is 0 Å². The van der Waals surface area contributed by atoms with E-state index in [1.807, 2.05) is 24.4 Å².